The van der Waals surface area contributed by atoms with E-state index in [1.807, 2.05) is 0 Å². The first kappa shape index (κ1) is 13.5. The molecule has 0 N–H and O–H groups in total. The fourth-order valence-corrected chi connectivity index (χ4v) is 2.24. The van der Waals surface area contributed by atoms with Gasteiger partial charge in [-0.2, -0.15) is 0 Å². The Morgan fingerprint density at radius 1 is 1.00 bits per heavy atom. The van der Waals surface area contributed by atoms with Gasteiger partial charge in [-0.05, 0) is 12.8 Å². The maximum Gasteiger partial charge on any atom is 1.00 e. The van der Waals surface area contributed by atoms with Gasteiger partial charge in [-0.15, -0.1) is 0 Å². The Bertz CT molecular complexity index is 142. The zero-order chi connectivity index (χ0) is 5.33. The molecular weight excluding hydrogens is 264 g/mol. The predicted octanol–water partition coefficient (Wildman–Crippen LogP) is -5.80. The van der Waals surface area contributed by atoms with E-state index in [0.29, 0.717) is 11.5 Å². The quantitative estimate of drug-likeness (QED) is 0.440. The molecule has 5 heteroatoms. The van der Waals surface area contributed by atoms with Crippen molar-refractivity contribution >= 4 is 9.84 Å². The van der Waals surface area contributed by atoms with Gasteiger partial charge in [-0.1, -0.05) is 0 Å². The van der Waals surface area contributed by atoms with Gasteiger partial charge < -0.3 is 4.70 Å². The normalized spacial score (nSPS) is 21.8. The van der Waals surface area contributed by atoms with Gasteiger partial charge in [0.15, 0.2) is 0 Å². The van der Waals surface area contributed by atoms with E-state index in [1.165, 1.54) is 0 Å². The van der Waals surface area contributed by atoms with Crippen LogP contribution in [-0.4, -0.2) is 19.9 Å². The number of hydrogen-bond donors (Lipinski definition) is 0. The summed E-state index contributed by atoms with van der Waals surface area (Å²) in [5, 5.41) is 0. The topological polar surface area (TPSA) is 34.1 Å². The van der Waals surface area contributed by atoms with Gasteiger partial charge in [0.05, 0.1) is 11.5 Å². The molecule has 9 heavy (non-hydrogen) atoms. The third-order valence-electron chi connectivity index (χ3n) is 1.16. The summed E-state index contributed by atoms with van der Waals surface area (Å²) < 4.78 is 20.9. The summed E-state index contributed by atoms with van der Waals surface area (Å²) in [6, 6.07) is 0. The van der Waals surface area contributed by atoms with Gasteiger partial charge in [-0.25, -0.2) is 8.42 Å². The smallest absolute Gasteiger partial charge is 1.00 e. The Kier molecular flexibility index (Phi) is 8.36. The SMILES string of the molecule is O=S1(=O)CCCC1.[Cs+].[F-]. The van der Waals surface area contributed by atoms with Crippen LogP contribution in [0.25, 0.3) is 0 Å². The molecular formula is C4H8CsFO2S. The van der Waals surface area contributed by atoms with E-state index >= 15 is 0 Å². The van der Waals surface area contributed by atoms with Crippen molar-refractivity contribution < 1.29 is 82.0 Å². The summed E-state index contributed by atoms with van der Waals surface area (Å²) in [4.78, 5) is 0. The zero-order valence-electron chi connectivity index (χ0n) is 5.43. The third kappa shape index (κ3) is 5.23. The standard InChI is InChI=1S/C4H8O2S.Cs.FH/c5-7(6)3-1-2-4-7;;/h1-4H2;;1H/q;+1;/p-1. The average Bonchev–Trinajstić information content (AvgIpc) is 1.84. The number of hydrogen-bond acceptors (Lipinski definition) is 2. The molecule has 1 heterocycles. The molecule has 0 bridgehead atoms. The molecule has 0 amide bonds. The van der Waals surface area contributed by atoms with Crippen LogP contribution in [-0.2, 0) is 9.84 Å². The van der Waals surface area contributed by atoms with E-state index in [0.717, 1.165) is 12.8 Å². The summed E-state index contributed by atoms with van der Waals surface area (Å²) in [7, 11) is -2.55. The van der Waals surface area contributed by atoms with Crippen molar-refractivity contribution in [2.75, 3.05) is 11.5 Å². The Morgan fingerprint density at radius 2 is 1.33 bits per heavy atom. The molecule has 2 nitrogen and oxygen atoms in total. The van der Waals surface area contributed by atoms with Crippen molar-refractivity contribution in [3.05, 3.63) is 0 Å². The van der Waals surface area contributed by atoms with Crippen molar-refractivity contribution in [3.63, 3.8) is 0 Å². The second-order valence-electron chi connectivity index (χ2n) is 1.86. The molecule has 0 unspecified atom stereocenters. The monoisotopic (exact) mass is 272 g/mol. The molecule has 0 aliphatic carbocycles. The maximum atomic E-state index is 10.4. The van der Waals surface area contributed by atoms with E-state index in [1.54, 1.807) is 0 Å². The fraction of sp³-hybridized carbons (Fsp3) is 1.00. The first-order valence-electron chi connectivity index (χ1n) is 2.41. The maximum absolute atomic E-state index is 10.4. The van der Waals surface area contributed by atoms with E-state index in [4.69, 9.17) is 0 Å². The summed E-state index contributed by atoms with van der Waals surface area (Å²) >= 11 is 0. The molecule has 0 aromatic rings. The van der Waals surface area contributed by atoms with Crippen LogP contribution in [0.3, 0.4) is 0 Å². The van der Waals surface area contributed by atoms with Gasteiger partial charge in [0, 0.05) is 0 Å². The van der Waals surface area contributed by atoms with Gasteiger partial charge >= 0.3 is 68.9 Å². The van der Waals surface area contributed by atoms with Crippen LogP contribution in [0.15, 0.2) is 0 Å². The molecule has 50 valence electrons. The minimum atomic E-state index is -2.55. The van der Waals surface area contributed by atoms with Crippen molar-refractivity contribution in [2.24, 2.45) is 0 Å². The molecule has 1 aliphatic heterocycles. The summed E-state index contributed by atoms with van der Waals surface area (Å²) in [6.07, 6.45) is 1.75. The van der Waals surface area contributed by atoms with E-state index < -0.39 is 9.84 Å². The molecule has 1 aliphatic rings. The Labute approximate surface area is 113 Å². The summed E-state index contributed by atoms with van der Waals surface area (Å²) in [5.41, 5.74) is 0. The predicted molar refractivity (Wildman–Crippen MR) is 27.9 cm³/mol. The molecule has 0 spiro atoms. The summed E-state index contributed by atoms with van der Waals surface area (Å²) in [5.74, 6) is 0.847. The zero-order valence-corrected chi connectivity index (χ0v) is 12.5. The van der Waals surface area contributed by atoms with Crippen molar-refractivity contribution in [1.29, 1.82) is 0 Å². The van der Waals surface area contributed by atoms with E-state index in [2.05, 4.69) is 0 Å². The van der Waals surface area contributed by atoms with Crippen LogP contribution in [0.5, 0.6) is 0 Å². The minimum Gasteiger partial charge on any atom is -1.00 e. The third-order valence-corrected chi connectivity index (χ3v) is 2.98. The van der Waals surface area contributed by atoms with Crippen LogP contribution < -0.4 is 73.6 Å². The summed E-state index contributed by atoms with van der Waals surface area (Å²) in [6.45, 7) is 0. The first-order valence-corrected chi connectivity index (χ1v) is 4.23. The van der Waals surface area contributed by atoms with Gasteiger partial charge in [-0.3, -0.25) is 0 Å². The van der Waals surface area contributed by atoms with E-state index in [-0.39, 0.29) is 73.6 Å². The molecule has 0 radical (unpaired) electrons. The molecule has 1 rings (SSSR count). The number of rotatable bonds is 0. The van der Waals surface area contributed by atoms with Crippen molar-refractivity contribution in [3.8, 4) is 0 Å². The number of halogens is 1. The molecule has 1 saturated heterocycles. The fourth-order valence-electron chi connectivity index (χ4n) is 0.746. The molecule has 0 saturated carbocycles. The van der Waals surface area contributed by atoms with E-state index in [9.17, 15) is 8.42 Å². The van der Waals surface area contributed by atoms with Crippen LogP contribution >= 0.6 is 0 Å². The Hall–Kier alpha value is 1.93. The van der Waals surface area contributed by atoms with Gasteiger partial charge in [0.25, 0.3) is 0 Å². The number of sulfone groups is 1. The second-order valence-corrected chi connectivity index (χ2v) is 4.16. The van der Waals surface area contributed by atoms with Crippen LogP contribution in [0.4, 0.5) is 0 Å². The average molecular weight is 272 g/mol. The van der Waals surface area contributed by atoms with Crippen molar-refractivity contribution in [1.82, 2.24) is 0 Å². The Balaban J connectivity index is 0. The molecule has 0 aromatic carbocycles. The Morgan fingerprint density at radius 3 is 1.44 bits per heavy atom. The van der Waals surface area contributed by atoms with Crippen LogP contribution in [0.1, 0.15) is 12.8 Å². The van der Waals surface area contributed by atoms with Crippen molar-refractivity contribution in [2.45, 2.75) is 12.8 Å². The van der Waals surface area contributed by atoms with Gasteiger partial charge in [0.2, 0.25) is 0 Å². The first-order chi connectivity index (χ1) is 3.21. The van der Waals surface area contributed by atoms with Crippen LogP contribution in [0.2, 0.25) is 0 Å². The largest absolute Gasteiger partial charge is 1.00 e. The second kappa shape index (κ2) is 5.57. The van der Waals surface area contributed by atoms with Crippen LogP contribution in [0, 0.1) is 0 Å². The molecule has 1 fully saturated rings. The molecule has 0 aromatic heterocycles. The van der Waals surface area contributed by atoms with Gasteiger partial charge in [0.1, 0.15) is 9.84 Å². The molecule has 0 atom stereocenters. The minimum absolute atomic E-state index is 0.